The summed E-state index contributed by atoms with van der Waals surface area (Å²) in [6, 6.07) is 1.31. The Bertz CT molecular complexity index is 508. The number of quaternary nitrogens is 1. The second-order valence-corrected chi connectivity index (χ2v) is 3.40. The Labute approximate surface area is 85.1 Å². The lowest BCUT2D eigenvalue weighted by atomic mass is 10.1. The molecule has 0 aliphatic rings. The van der Waals surface area contributed by atoms with Gasteiger partial charge in [-0.15, -0.1) is 0 Å². The number of phenolic OH excluding ortho intramolecular Hbond substituents is 2. The van der Waals surface area contributed by atoms with Gasteiger partial charge in [0.2, 0.25) is 0 Å². The van der Waals surface area contributed by atoms with Crippen molar-refractivity contribution in [3.8, 4) is 11.5 Å². The number of aromatic nitrogens is 1. The smallest absolute Gasteiger partial charge is 0.194 e. The van der Waals surface area contributed by atoms with Gasteiger partial charge in [0, 0.05) is 24.1 Å². The second kappa shape index (κ2) is 3.43. The van der Waals surface area contributed by atoms with E-state index in [1.54, 1.807) is 6.20 Å². The quantitative estimate of drug-likeness (QED) is 0.545. The van der Waals surface area contributed by atoms with Crippen molar-refractivity contribution in [2.24, 2.45) is 0 Å². The van der Waals surface area contributed by atoms with Crippen LogP contribution in [-0.2, 0) is 6.42 Å². The third-order valence-corrected chi connectivity index (χ3v) is 2.39. The molecule has 2 aromatic rings. The van der Waals surface area contributed by atoms with E-state index in [1.807, 2.05) is 0 Å². The van der Waals surface area contributed by atoms with Crippen LogP contribution in [0.25, 0.3) is 10.9 Å². The minimum absolute atomic E-state index is 0.328. The summed E-state index contributed by atoms with van der Waals surface area (Å²) in [6.45, 7) is 0.647. The molecule has 80 valence electrons. The first-order valence-electron chi connectivity index (χ1n) is 4.64. The van der Waals surface area contributed by atoms with Crippen LogP contribution in [0.15, 0.2) is 12.3 Å². The lowest BCUT2D eigenvalue weighted by Crippen LogP contribution is -2.51. The zero-order valence-corrected chi connectivity index (χ0v) is 8.05. The van der Waals surface area contributed by atoms with Crippen LogP contribution in [0.3, 0.4) is 0 Å². The Balaban J connectivity index is 2.74. The summed E-state index contributed by atoms with van der Waals surface area (Å²) in [5.74, 6) is -1.94. The van der Waals surface area contributed by atoms with Crippen molar-refractivity contribution in [3.63, 3.8) is 0 Å². The third-order valence-electron chi connectivity index (χ3n) is 2.39. The topological polar surface area (TPSA) is 83.9 Å². The summed E-state index contributed by atoms with van der Waals surface area (Å²) >= 11 is 0. The minimum atomic E-state index is -0.783. The highest BCUT2D eigenvalue weighted by Gasteiger charge is 2.16. The largest absolute Gasteiger partial charge is 0.504 e. The Morgan fingerprint density at radius 2 is 2.13 bits per heavy atom. The van der Waals surface area contributed by atoms with E-state index in [1.165, 1.54) is 6.07 Å². The van der Waals surface area contributed by atoms with Gasteiger partial charge in [0.15, 0.2) is 17.3 Å². The molecule has 0 saturated heterocycles. The molecule has 1 aromatic carbocycles. The molecule has 0 bridgehead atoms. The van der Waals surface area contributed by atoms with E-state index in [0.29, 0.717) is 23.9 Å². The van der Waals surface area contributed by atoms with E-state index in [2.05, 4.69) is 10.7 Å². The maximum absolute atomic E-state index is 13.6. The molecule has 4 nitrogen and oxygen atoms in total. The lowest BCUT2D eigenvalue weighted by Gasteiger charge is -2.02. The summed E-state index contributed by atoms with van der Waals surface area (Å²) in [5.41, 5.74) is 4.92. The van der Waals surface area contributed by atoms with Gasteiger partial charge in [0.05, 0.1) is 12.1 Å². The molecule has 0 aliphatic heterocycles. The number of hydrogen-bond acceptors (Lipinski definition) is 2. The maximum atomic E-state index is 13.6. The third kappa shape index (κ3) is 1.41. The number of halogens is 1. The summed E-state index contributed by atoms with van der Waals surface area (Å²) in [7, 11) is 0. The van der Waals surface area contributed by atoms with Crippen molar-refractivity contribution >= 4 is 10.9 Å². The van der Waals surface area contributed by atoms with Crippen LogP contribution in [0, 0.1) is 5.82 Å². The van der Waals surface area contributed by atoms with Gasteiger partial charge in [-0.2, -0.15) is 0 Å². The number of hydrogen-bond donors (Lipinski definition) is 4. The highest BCUT2D eigenvalue weighted by Crippen LogP contribution is 2.35. The number of fused-ring (bicyclic) bond motifs is 1. The van der Waals surface area contributed by atoms with Crippen molar-refractivity contribution in [1.29, 1.82) is 0 Å². The van der Waals surface area contributed by atoms with E-state index in [-0.39, 0.29) is 0 Å². The van der Waals surface area contributed by atoms with Crippen molar-refractivity contribution in [1.82, 2.24) is 4.98 Å². The molecule has 5 heteroatoms. The Morgan fingerprint density at radius 3 is 2.80 bits per heavy atom. The lowest BCUT2D eigenvalue weighted by molar-refractivity contribution is -0.366. The Kier molecular flexibility index (Phi) is 2.24. The molecule has 0 amide bonds. The highest BCUT2D eigenvalue weighted by molar-refractivity contribution is 5.87. The van der Waals surface area contributed by atoms with Crippen LogP contribution in [-0.4, -0.2) is 21.7 Å². The predicted molar refractivity (Wildman–Crippen MR) is 53.0 cm³/mol. The molecule has 6 N–H and O–H groups in total. The van der Waals surface area contributed by atoms with Crippen LogP contribution in [0.1, 0.15) is 5.56 Å². The molecule has 0 radical (unpaired) electrons. The van der Waals surface area contributed by atoms with Crippen LogP contribution in [0.5, 0.6) is 11.5 Å². The molecule has 2 rings (SSSR count). The molecule has 0 spiro atoms. The fraction of sp³-hybridized carbons (Fsp3) is 0.200. The molecule has 0 atom stereocenters. The maximum Gasteiger partial charge on any atom is 0.194 e. The van der Waals surface area contributed by atoms with Crippen LogP contribution in [0.2, 0.25) is 0 Å². The van der Waals surface area contributed by atoms with Crippen LogP contribution in [0.4, 0.5) is 4.39 Å². The molecular formula is C10H12FN2O2+. The van der Waals surface area contributed by atoms with E-state index in [0.717, 1.165) is 5.56 Å². The van der Waals surface area contributed by atoms with E-state index < -0.39 is 17.3 Å². The average molecular weight is 211 g/mol. The summed E-state index contributed by atoms with van der Waals surface area (Å²) in [5, 5.41) is 18.8. The van der Waals surface area contributed by atoms with Crippen LogP contribution < -0.4 is 5.73 Å². The molecule has 0 fully saturated rings. The van der Waals surface area contributed by atoms with Gasteiger partial charge in [0.1, 0.15) is 0 Å². The molecule has 0 aliphatic carbocycles. The number of aromatic hydroxyl groups is 2. The van der Waals surface area contributed by atoms with Crippen molar-refractivity contribution in [2.45, 2.75) is 6.42 Å². The SMILES string of the molecule is [NH3+]CCc1c[nH]c2cc(O)c(O)c(F)c12. The number of phenols is 2. The molecule has 15 heavy (non-hydrogen) atoms. The molecular weight excluding hydrogens is 199 g/mol. The van der Waals surface area contributed by atoms with Gasteiger partial charge in [-0.3, -0.25) is 0 Å². The van der Waals surface area contributed by atoms with Gasteiger partial charge >= 0.3 is 0 Å². The molecule has 0 saturated carbocycles. The monoisotopic (exact) mass is 211 g/mol. The first-order chi connectivity index (χ1) is 7.15. The first-order valence-corrected chi connectivity index (χ1v) is 4.64. The Hall–Kier alpha value is -1.75. The number of benzene rings is 1. The summed E-state index contributed by atoms with van der Waals surface area (Å²) < 4.78 is 13.6. The number of H-pyrrole nitrogens is 1. The zero-order valence-electron chi connectivity index (χ0n) is 8.05. The standard InChI is InChI=1S/C10H11FN2O2/c11-9-8-5(1-2-12)4-13-6(8)3-7(14)10(9)15/h3-4,13-15H,1-2,12H2/p+1. The predicted octanol–water partition coefficient (Wildman–Crippen LogP) is 0.503. The van der Waals surface area contributed by atoms with Crippen LogP contribution >= 0.6 is 0 Å². The van der Waals surface area contributed by atoms with Gasteiger partial charge in [-0.25, -0.2) is 4.39 Å². The fourth-order valence-corrected chi connectivity index (χ4v) is 1.68. The molecule has 0 unspecified atom stereocenters. The van der Waals surface area contributed by atoms with Crippen molar-refractivity contribution in [3.05, 3.63) is 23.6 Å². The highest BCUT2D eigenvalue weighted by atomic mass is 19.1. The number of aromatic amines is 1. The zero-order chi connectivity index (χ0) is 11.0. The normalized spacial score (nSPS) is 11.1. The van der Waals surface area contributed by atoms with E-state index in [9.17, 15) is 14.6 Å². The average Bonchev–Trinajstić information content (AvgIpc) is 2.59. The first kappa shape index (κ1) is 9.79. The molecule has 1 aromatic heterocycles. The van der Waals surface area contributed by atoms with Crippen molar-refractivity contribution in [2.75, 3.05) is 6.54 Å². The van der Waals surface area contributed by atoms with E-state index >= 15 is 0 Å². The second-order valence-electron chi connectivity index (χ2n) is 3.40. The summed E-state index contributed by atoms with van der Waals surface area (Å²) in [6.07, 6.45) is 2.29. The number of rotatable bonds is 2. The van der Waals surface area contributed by atoms with E-state index in [4.69, 9.17) is 0 Å². The minimum Gasteiger partial charge on any atom is -0.504 e. The van der Waals surface area contributed by atoms with Gasteiger partial charge in [0.25, 0.3) is 0 Å². The van der Waals surface area contributed by atoms with Crippen molar-refractivity contribution < 1.29 is 20.3 Å². The fourth-order valence-electron chi connectivity index (χ4n) is 1.68. The van der Waals surface area contributed by atoms with Gasteiger partial charge in [-0.1, -0.05) is 0 Å². The summed E-state index contributed by atoms with van der Waals surface area (Å²) in [4.78, 5) is 2.84. The molecule has 1 heterocycles. The number of nitrogens with one attached hydrogen (secondary N) is 1. The Morgan fingerprint density at radius 1 is 1.40 bits per heavy atom. The van der Waals surface area contributed by atoms with Gasteiger partial charge in [-0.05, 0) is 5.56 Å². The van der Waals surface area contributed by atoms with Gasteiger partial charge < -0.3 is 20.9 Å².